The zero-order valence-electron chi connectivity index (χ0n) is 15.4. The van der Waals surface area contributed by atoms with Gasteiger partial charge in [-0.05, 0) is 38.3 Å². The Balaban J connectivity index is 1.55. The van der Waals surface area contributed by atoms with Crippen LogP contribution in [0, 0.1) is 0 Å². The zero-order chi connectivity index (χ0) is 17.7. The van der Waals surface area contributed by atoms with Crippen LogP contribution >= 0.6 is 0 Å². The highest BCUT2D eigenvalue weighted by atomic mass is 16.5. The van der Waals surface area contributed by atoms with Crippen molar-refractivity contribution >= 4 is 5.91 Å². The van der Waals surface area contributed by atoms with E-state index in [2.05, 4.69) is 42.3 Å². The van der Waals surface area contributed by atoms with Crippen molar-refractivity contribution in [2.75, 3.05) is 40.5 Å². The van der Waals surface area contributed by atoms with Crippen LogP contribution in [-0.2, 0) is 20.8 Å². The molecule has 0 bridgehead atoms. The highest BCUT2D eigenvalue weighted by Crippen LogP contribution is 2.36. The van der Waals surface area contributed by atoms with E-state index < -0.39 is 0 Å². The van der Waals surface area contributed by atoms with Crippen LogP contribution in [-0.4, -0.2) is 67.8 Å². The first-order valence-corrected chi connectivity index (χ1v) is 9.27. The number of ether oxygens (including phenoxy) is 2. The number of likely N-dealkylation sites (tertiary alicyclic amines) is 1. The lowest BCUT2D eigenvalue weighted by atomic mass is 9.82. The zero-order valence-corrected chi connectivity index (χ0v) is 15.4. The van der Waals surface area contributed by atoms with E-state index in [9.17, 15) is 4.79 Å². The molecule has 1 amide bonds. The number of nitrogens with zero attached hydrogens (tertiary/aromatic N) is 2. The molecule has 1 unspecified atom stereocenters. The number of carbonyl (C=O) groups is 1. The number of amides is 1. The van der Waals surface area contributed by atoms with Gasteiger partial charge in [0.25, 0.3) is 0 Å². The molecule has 25 heavy (non-hydrogen) atoms. The number of rotatable bonds is 5. The van der Waals surface area contributed by atoms with E-state index in [1.54, 1.807) is 7.11 Å². The predicted octanol–water partition coefficient (Wildman–Crippen LogP) is 2.30. The Morgan fingerprint density at radius 1 is 1.32 bits per heavy atom. The average molecular weight is 346 g/mol. The van der Waals surface area contributed by atoms with Gasteiger partial charge < -0.3 is 14.4 Å². The minimum absolute atomic E-state index is 0.0578. The smallest absolute Gasteiger partial charge is 0.248 e. The lowest BCUT2D eigenvalue weighted by Crippen LogP contribution is -2.54. The summed E-state index contributed by atoms with van der Waals surface area (Å²) in [5, 5.41) is 0. The van der Waals surface area contributed by atoms with Gasteiger partial charge in [0, 0.05) is 39.4 Å². The van der Waals surface area contributed by atoms with Crippen molar-refractivity contribution in [3.63, 3.8) is 0 Å². The second-order valence-corrected chi connectivity index (χ2v) is 7.39. The third kappa shape index (κ3) is 4.60. The van der Waals surface area contributed by atoms with Crippen LogP contribution in [0.5, 0.6) is 0 Å². The van der Waals surface area contributed by atoms with Gasteiger partial charge in [-0.3, -0.25) is 9.69 Å². The Hall–Kier alpha value is -1.43. The quantitative estimate of drug-likeness (QED) is 0.820. The third-order valence-corrected chi connectivity index (χ3v) is 5.66. The molecule has 0 radical (unpaired) electrons. The first-order chi connectivity index (χ1) is 12.1. The Bertz CT molecular complexity index is 555. The number of piperidine rings is 1. The van der Waals surface area contributed by atoms with Crippen LogP contribution in [0.3, 0.4) is 0 Å². The van der Waals surface area contributed by atoms with Gasteiger partial charge in [-0.1, -0.05) is 30.3 Å². The van der Waals surface area contributed by atoms with Gasteiger partial charge in [-0.25, -0.2) is 0 Å². The van der Waals surface area contributed by atoms with Crippen molar-refractivity contribution in [1.82, 2.24) is 9.80 Å². The lowest BCUT2D eigenvalue weighted by Gasteiger charge is -2.48. The maximum Gasteiger partial charge on any atom is 0.248 e. The molecule has 138 valence electrons. The standard InChI is InChI=1S/C20H30N2O3/c1-21(15-17-6-4-3-5-7-17)18-8-13-25-20(14-18)9-11-22(12-10-20)19(23)16-24-2/h3-7,18H,8-16H2,1-2H3. The molecule has 0 aliphatic carbocycles. The summed E-state index contributed by atoms with van der Waals surface area (Å²) in [7, 11) is 3.79. The van der Waals surface area contributed by atoms with Gasteiger partial charge >= 0.3 is 0 Å². The Labute approximate surface area is 150 Å². The number of hydrogen-bond acceptors (Lipinski definition) is 4. The maximum absolute atomic E-state index is 12.0. The Kier molecular flexibility index (Phi) is 6.10. The van der Waals surface area contributed by atoms with Gasteiger partial charge in [0.15, 0.2) is 0 Å². The molecule has 1 aromatic rings. The highest BCUT2D eigenvalue weighted by Gasteiger charge is 2.41. The van der Waals surface area contributed by atoms with Gasteiger partial charge in [0.2, 0.25) is 5.91 Å². The largest absolute Gasteiger partial charge is 0.375 e. The van der Waals surface area contributed by atoms with Crippen LogP contribution in [0.15, 0.2) is 30.3 Å². The van der Waals surface area contributed by atoms with Crippen LogP contribution in [0.1, 0.15) is 31.2 Å². The molecule has 5 heteroatoms. The molecule has 0 aromatic heterocycles. The molecule has 2 heterocycles. The summed E-state index contributed by atoms with van der Waals surface area (Å²) in [5.41, 5.74) is 1.29. The molecule has 3 rings (SSSR count). The van der Waals surface area contributed by atoms with Crippen LogP contribution in [0.2, 0.25) is 0 Å². The minimum atomic E-state index is -0.0578. The summed E-state index contributed by atoms with van der Waals surface area (Å²) in [4.78, 5) is 16.4. The molecular formula is C20H30N2O3. The van der Waals surface area contributed by atoms with Gasteiger partial charge in [0.05, 0.1) is 5.60 Å². The molecule has 2 aliphatic heterocycles. The maximum atomic E-state index is 12.0. The number of benzene rings is 1. The first-order valence-electron chi connectivity index (χ1n) is 9.27. The fourth-order valence-electron chi connectivity index (χ4n) is 4.11. The van der Waals surface area contributed by atoms with Crippen molar-refractivity contribution in [2.24, 2.45) is 0 Å². The van der Waals surface area contributed by atoms with Crippen molar-refractivity contribution in [3.05, 3.63) is 35.9 Å². The van der Waals surface area contributed by atoms with Crippen molar-refractivity contribution < 1.29 is 14.3 Å². The van der Waals surface area contributed by atoms with Gasteiger partial charge in [0.1, 0.15) is 6.61 Å². The van der Waals surface area contributed by atoms with E-state index in [1.165, 1.54) is 5.56 Å². The first kappa shape index (κ1) is 18.4. The van der Waals surface area contributed by atoms with Crippen LogP contribution < -0.4 is 0 Å². The van der Waals surface area contributed by atoms with Crippen LogP contribution in [0.4, 0.5) is 0 Å². The summed E-state index contributed by atoms with van der Waals surface area (Å²) in [5.74, 6) is 0.0888. The molecular weight excluding hydrogens is 316 g/mol. The van der Waals surface area contributed by atoms with E-state index in [0.717, 1.165) is 51.9 Å². The molecule has 2 aliphatic rings. The highest BCUT2D eigenvalue weighted by molar-refractivity contribution is 5.77. The molecule has 1 spiro atoms. The summed E-state index contributed by atoms with van der Waals surface area (Å²) in [6, 6.07) is 11.2. The number of carbonyl (C=O) groups excluding carboxylic acids is 1. The van der Waals surface area contributed by atoms with Crippen molar-refractivity contribution in [3.8, 4) is 0 Å². The fourth-order valence-corrected chi connectivity index (χ4v) is 4.11. The van der Waals surface area contributed by atoms with E-state index in [1.807, 2.05) is 4.90 Å². The Morgan fingerprint density at radius 2 is 2.04 bits per heavy atom. The van der Waals surface area contributed by atoms with E-state index in [4.69, 9.17) is 9.47 Å². The van der Waals surface area contributed by atoms with Crippen molar-refractivity contribution in [2.45, 2.75) is 43.9 Å². The summed E-state index contributed by atoms with van der Waals surface area (Å²) in [6.45, 7) is 3.51. The minimum Gasteiger partial charge on any atom is -0.375 e. The summed E-state index contributed by atoms with van der Waals surface area (Å²) < 4.78 is 11.2. The summed E-state index contributed by atoms with van der Waals surface area (Å²) in [6.07, 6.45) is 4.00. The molecule has 1 aromatic carbocycles. The van der Waals surface area contributed by atoms with Gasteiger partial charge in [-0.2, -0.15) is 0 Å². The summed E-state index contributed by atoms with van der Waals surface area (Å²) >= 11 is 0. The SMILES string of the molecule is COCC(=O)N1CCC2(CC1)CC(N(C)Cc1ccccc1)CCO2. The molecule has 2 fully saturated rings. The molecule has 0 saturated carbocycles. The van der Waals surface area contributed by atoms with E-state index >= 15 is 0 Å². The normalized spacial score (nSPS) is 23.2. The topological polar surface area (TPSA) is 42.0 Å². The predicted molar refractivity (Wildman–Crippen MR) is 97.3 cm³/mol. The average Bonchev–Trinajstić information content (AvgIpc) is 2.63. The van der Waals surface area contributed by atoms with E-state index in [0.29, 0.717) is 6.04 Å². The molecule has 2 saturated heterocycles. The Morgan fingerprint density at radius 3 is 2.72 bits per heavy atom. The second kappa shape index (κ2) is 8.30. The van der Waals surface area contributed by atoms with Crippen molar-refractivity contribution in [1.29, 1.82) is 0 Å². The lowest BCUT2D eigenvalue weighted by molar-refractivity contribution is -0.151. The third-order valence-electron chi connectivity index (χ3n) is 5.66. The molecule has 0 N–H and O–H groups in total. The van der Waals surface area contributed by atoms with Crippen LogP contribution in [0.25, 0.3) is 0 Å². The number of methoxy groups -OCH3 is 1. The van der Waals surface area contributed by atoms with Gasteiger partial charge in [-0.15, -0.1) is 0 Å². The monoisotopic (exact) mass is 346 g/mol. The van der Waals surface area contributed by atoms with E-state index in [-0.39, 0.29) is 18.1 Å². The second-order valence-electron chi connectivity index (χ2n) is 7.39. The fraction of sp³-hybridized carbons (Fsp3) is 0.650. The molecule has 1 atom stereocenters. The molecule has 5 nitrogen and oxygen atoms in total. The number of hydrogen-bond donors (Lipinski definition) is 0.